The van der Waals surface area contributed by atoms with Crippen molar-refractivity contribution < 1.29 is 9.47 Å². The number of likely N-dealkylation sites (N-methyl/N-ethyl adjacent to an activating group) is 1. The summed E-state index contributed by atoms with van der Waals surface area (Å²) in [7, 11) is 5.30. The molecular formula is C16H23N3O2. The Morgan fingerprint density at radius 1 is 1.19 bits per heavy atom. The highest BCUT2D eigenvalue weighted by molar-refractivity contribution is 5.32. The van der Waals surface area contributed by atoms with Crippen molar-refractivity contribution in [3.05, 3.63) is 41.7 Å². The third kappa shape index (κ3) is 3.55. The highest BCUT2D eigenvalue weighted by atomic mass is 16.5. The summed E-state index contributed by atoms with van der Waals surface area (Å²) < 4.78 is 12.5. The zero-order valence-electron chi connectivity index (χ0n) is 13.1. The second kappa shape index (κ2) is 7.13. The lowest BCUT2D eigenvalue weighted by atomic mass is 10.0. The first-order valence-electron chi connectivity index (χ1n) is 7.11. The maximum atomic E-state index is 5.42. The van der Waals surface area contributed by atoms with Crippen LogP contribution >= 0.6 is 0 Å². The van der Waals surface area contributed by atoms with E-state index in [9.17, 15) is 0 Å². The smallest absolute Gasteiger partial charge is 0.161 e. The van der Waals surface area contributed by atoms with Crippen LogP contribution in [0.3, 0.4) is 0 Å². The molecule has 1 unspecified atom stereocenters. The van der Waals surface area contributed by atoms with Crippen molar-refractivity contribution in [3.63, 3.8) is 0 Å². The number of aromatic nitrogens is 2. The van der Waals surface area contributed by atoms with E-state index in [1.165, 1.54) is 5.56 Å². The van der Waals surface area contributed by atoms with Gasteiger partial charge in [0, 0.05) is 7.05 Å². The molecule has 1 atom stereocenters. The molecule has 0 fully saturated rings. The van der Waals surface area contributed by atoms with Crippen LogP contribution in [0.1, 0.15) is 24.2 Å². The fourth-order valence-corrected chi connectivity index (χ4v) is 2.49. The van der Waals surface area contributed by atoms with E-state index in [0.717, 1.165) is 30.2 Å². The van der Waals surface area contributed by atoms with Gasteiger partial charge in [-0.05, 0) is 30.7 Å². The molecule has 2 aromatic rings. The molecule has 21 heavy (non-hydrogen) atoms. The van der Waals surface area contributed by atoms with Crippen molar-refractivity contribution in [2.45, 2.75) is 19.4 Å². The number of methoxy groups -OCH3 is 2. The van der Waals surface area contributed by atoms with Crippen LogP contribution < -0.4 is 14.8 Å². The average Bonchev–Trinajstić information content (AvgIpc) is 2.88. The summed E-state index contributed by atoms with van der Waals surface area (Å²) in [4.78, 5) is 0. The molecule has 0 amide bonds. The van der Waals surface area contributed by atoms with Crippen molar-refractivity contribution >= 4 is 0 Å². The van der Waals surface area contributed by atoms with Crippen molar-refractivity contribution in [2.75, 3.05) is 20.8 Å². The molecule has 0 saturated carbocycles. The number of rotatable bonds is 7. The van der Waals surface area contributed by atoms with Crippen molar-refractivity contribution in [2.24, 2.45) is 7.05 Å². The minimum Gasteiger partial charge on any atom is -0.497 e. The maximum Gasteiger partial charge on any atom is 0.161 e. The highest BCUT2D eigenvalue weighted by Crippen LogP contribution is 2.27. The molecule has 0 radical (unpaired) electrons. The molecular weight excluding hydrogens is 266 g/mol. The molecule has 114 valence electrons. The average molecular weight is 289 g/mol. The summed E-state index contributed by atoms with van der Waals surface area (Å²) in [5.74, 6) is 1.69. The molecule has 0 saturated heterocycles. The lowest BCUT2D eigenvalue weighted by Crippen LogP contribution is -2.25. The Balaban J connectivity index is 2.23. The third-order valence-corrected chi connectivity index (χ3v) is 3.55. The number of ether oxygens (including phenoxy) is 2. The molecule has 1 heterocycles. The van der Waals surface area contributed by atoms with Gasteiger partial charge in [0.2, 0.25) is 0 Å². The van der Waals surface area contributed by atoms with Crippen molar-refractivity contribution in [1.29, 1.82) is 0 Å². The summed E-state index contributed by atoms with van der Waals surface area (Å²) in [5, 5.41) is 7.80. The Hall–Kier alpha value is -2.01. The zero-order valence-corrected chi connectivity index (χ0v) is 13.1. The van der Waals surface area contributed by atoms with Crippen molar-refractivity contribution in [3.8, 4) is 11.5 Å². The molecule has 0 bridgehead atoms. The van der Waals surface area contributed by atoms with Crippen LogP contribution in [0, 0.1) is 0 Å². The molecule has 2 rings (SSSR count). The monoisotopic (exact) mass is 289 g/mol. The summed E-state index contributed by atoms with van der Waals surface area (Å²) in [6.07, 6.45) is 2.63. The van der Waals surface area contributed by atoms with E-state index in [0.29, 0.717) is 0 Å². The molecule has 1 aromatic heterocycles. The van der Waals surface area contributed by atoms with Gasteiger partial charge in [-0.15, -0.1) is 0 Å². The van der Waals surface area contributed by atoms with E-state index in [4.69, 9.17) is 9.47 Å². The van der Waals surface area contributed by atoms with Gasteiger partial charge in [0.25, 0.3) is 0 Å². The van der Waals surface area contributed by atoms with E-state index < -0.39 is 0 Å². The first-order chi connectivity index (χ1) is 10.2. The SMILES string of the molecule is CCNC(Cc1ccc(OC)cc1)c1c(OC)cnn1C. The molecule has 0 aliphatic heterocycles. The van der Waals surface area contributed by atoms with Gasteiger partial charge >= 0.3 is 0 Å². The molecule has 1 N–H and O–H groups in total. The first-order valence-corrected chi connectivity index (χ1v) is 7.11. The molecule has 0 aliphatic rings. The van der Waals surface area contributed by atoms with Gasteiger partial charge in [-0.3, -0.25) is 4.68 Å². The Kier molecular flexibility index (Phi) is 5.22. The Morgan fingerprint density at radius 3 is 2.48 bits per heavy atom. The van der Waals surface area contributed by atoms with Crippen LogP contribution in [0.25, 0.3) is 0 Å². The maximum absolute atomic E-state index is 5.42. The Labute approximate surface area is 125 Å². The number of benzene rings is 1. The van der Waals surface area contributed by atoms with Gasteiger partial charge in [-0.1, -0.05) is 19.1 Å². The number of nitrogens with zero attached hydrogens (tertiary/aromatic N) is 2. The summed E-state index contributed by atoms with van der Waals surface area (Å²) in [5.41, 5.74) is 2.31. The topological polar surface area (TPSA) is 48.3 Å². The largest absolute Gasteiger partial charge is 0.497 e. The van der Waals surface area contributed by atoms with Crippen LogP contribution in [-0.4, -0.2) is 30.5 Å². The quantitative estimate of drug-likeness (QED) is 0.850. The van der Waals surface area contributed by atoms with Crippen LogP contribution in [0.15, 0.2) is 30.5 Å². The minimum atomic E-state index is 0.158. The molecule has 5 nitrogen and oxygen atoms in total. The van der Waals surface area contributed by atoms with Crippen LogP contribution in [0.5, 0.6) is 11.5 Å². The first kappa shape index (κ1) is 15.4. The Morgan fingerprint density at radius 2 is 1.90 bits per heavy atom. The Bertz CT molecular complexity index is 563. The van der Waals surface area contributed by atoms with Gasteiger partial charge in [0.15, 0.2) is 5.75 Å². The van der Waals surface area contributed by atoms with Crippen LogP contribution in [-0.2, 0) is 13.5 Å². The second-order valence-corrected chi connectivity index (χ2v) is 4.88. The fourth-order valence-electron chi connectivity index (χ4n) is 2.49. The lowest BCUT2D eigenvalue weighted by molar-refractivity contribution is 0.394. The summed E-state index contributed by atoms with van der Waals surface area (Å²) in [6.45, 7) is 2.99. The second-order valence-electron chi connectivity index (χ2n) is 4.88. The lowest BCUT2D eigenvalue weighted by Gasteiger charge is -2.19. The zero-order chi connectivity index (χ0) is 15.2. The van der Waals surface area contributed by atoms with Gasteiger partial charge in [-0.2, -0.15) is 5.10 Å². The third-order valence-electron chi connectivity index (χ3n) is 3.55. The number of hydrogen-bond acceptors (Lipinski definition) is 4. The van der Waals surface area contributed by atoms with Gasteiger partial charge in [-0.25, -0.2) is 0 Å². The van der Waals surface area contributed by atoms with Gasteiger partial charge in [0.05, 0.1) is 32.2 Å². The fraction of sp³-hybridized carbons (Fsp3) is 0.438. The molecule has 5 heteroatoms. The normalized spacial score (nSPS) is 12.2. The van der Waals surface area contributed by atoms with Gasteiger partial charge in [0.1, 0.15) is 5.75 Å². The number of hydrogen-bond donors (Lipinski definition) is 1. The predicted octanol–water partition coefficient (Wildman–Crippen LogP) is 2.33. The van der Waals surface area contributed by atoms with Gasteiger partial charge < -0.3 is 14.8 Å². The van der Waals surface area contributed by atoms with E-state index in [2.05, 4.69) is 29.5 Å². The van der Waals surface area contributed by atoms with Crippen LogP contribution in [0.4, 0.5) is 0 Å². The van der Waals surface area contributed by atoms with E-state index in [-0.39, 0.29) is 6.04 Å². The molecule has 1 aromatic carbocycles. The number of aryl methyl sites for hydroxylation is 1. The minimum absolute atomic E-state index is 0.158. The predicted molar refractivity (Wildman–Crippen MR) is 82.9 cm³/mol. The molecule has 0 aliphatic carbocycles. The highest BCUT2D eigenvalue weighted by Gasteiger charge is 2.20. The standard InChI is InChI=1S/C16H23N3O2/c1-5-17-14(16-15(21-4)11-18-19(16)2)10-12-6-8-13(20-3)9-7-12/h6-9,11,14,17H,5,10H2,1-4H3. The van der Waals surface area contributed by atoms with Crippen molar-refractivity contribution in [1.82, 2.24) is 15.1 Å². The van der Waals surface area contributed by atoms with E-state index in [1.54, 1.807) is 20.4 Å². The van der Waals surface area contributed by atoms with E-state index in [1.807, 2.05) is 23.9 Å². The van der Waals surface area contributed by atoms with E-state index >= 15 is 0 Å². The summed E-state index contributed by atoms with van der Waals surface area (Å²) >= 11 is 0. The molecule has 0 spiro atoms. The van der Waals surface area contributed by atoms with Crippen LogP contribution in [0.2, 0.25) is 0 Å². The number of nitrogens with one attached hydrogen (secondary N) is 1. The summed E-state index contributed by atoms with van der Waals surface area (Å²) in [6, 6.07) is 8.31.